The molecule has 0 aliphatic rings. The molecular weight excluding hydrogens is 339 g/mol. The molecule has 0 saturated carbocycles. The van der Waals surface area contributed by atoms with E-state index in [0.29, 0.717) is 20.6 Å². The van der Waals surface area contributed by atoms with Crippen molar-refractivity contribution in [1.82, 2.24) is 0 Å². The Labute approximate surface area is 134 Å². The first-order chi connectivity index (χ1) is 9.94. The zero-order valence-electron chi connectivity index (χ0n) is 10.5. The van der Waals surface area contributed by atoms with Crippen LogP contribution in [0.25, 0.3) is 0 Å². The topological polar surface area (TPSA) is 29.1 Å². The molecule has 0 aliphatic heterocycles. The van der Waals surface area contributed by atoms with Gasteiger partial charge in [0, 0.05) is 20.6 Å². The van der Waals surface area contributed by atoms with Gasteiger partial charge in [-0.3, -0.25) is 4.79 Å². The smallest absolute Gasteiger partial charge is 0.234 e. The maximum atomic E-state index is 13.0. The molecule has 0 heterocycles. The van der Waals surface area contributed by atoms with E-state index in [1.807, 2.05) is 0 Å². The third-order valence-corrected chi connectivity index (χ3v) is 3.84. The van der Waals surface area contributed by atoms with E-state index in [1.54, 1.807) is 18.2 Å². The van der Waals surface area contributed by atoms with Gasteiger partial charge in [-0.05, 0) is 36.4 Å². The number of nitrogens with one attached hydrogen (secondary N) is 1. The SMILES string of the molecule is O=C(CSc1ccc(F)c(F)c1)Nc1cc(Cl)cc(Cl)c1. The normalized spacial score (nSPS) is 10.5. The average Bonchev–Trinajstić information content (AvgIpc) is 2.39. The van der Waals surface area contributed by atoms with Crippen molar-refractivity contribution in [3.63, 3.8) is 0 Å². The van der Waals surface area contributed by atoms with E-state index in [0.717, 1.165) is 23.9 Å². The van der Waals surface area contributed by atoms with Crippen molar-refractivity contribution in [2.45, 2.75) is 4.90 Å². The van der Waals surface area contributed by atoms with Gasteiger partial charge in [-0.15, -0.1) is 11.8 Å². The molecular formula is C14H9Cl2F2NOS. The van der Waals surface area contributed by atoms with Gasteiger partial charge in [0.25, 0.3) is 0 Å². The van der Waals surface area contributed by atoms with Crippen molar-refractivity contribution >= 4 is 46.6 Å². The molecule has 0 spiro atoms. The first-order valence-corrected chi connectivity index (χ1v) is 7.52. The van der Waals surface area contributed by atoms with Crippen LogP contribution >= 0.6 is 35.0 Å². The number of anilines is 1. The van der Waals surface area contributed by atoms with Crippen LogP contribution in [0.15, 0.2) is 41.3 Å². The zero-order valence-corrected chi connectivity index (χ0v) is 12.8. The molecule has 1 amide bonds. The third-order valence-electron chi connectivity index (χ3n) is 2.41. The van der Waals surface area contributed by atoms with Gasteiger partial charge < -0.3 is 5.32 Å². The van der Waals surface area contributed by atoms with Crippen LogP contribution in [-0.4, -0.2) is 11.7 Å². The molecule has 7 heteroatoms. The lowest BCUT2D eigenvalue weighted by Crippen LogP contribution is -2.13. The van der Waals surface area contributed by atoms with Crippen LogP contribution in [0.5, 0.6) is 0 Å². The highest BCUT2D eigenvalue weighted by molar-refractivity contribution is 8.00. The molecule has 0 radical (unpaired) electrons. The molecule has 2 aromatic carbocycles. The Balaban J connectivity index is 1.94. The predicted molar refractivity (Wildman–Crippen MR) is 82.2 cm³/mol. The minimum absolute atomic E-state index is 0.0508. The van der Waals surface area contributed by atoms with Crippen molar-refractivity contribution in [3.8, 4) is 0 Å². The van der Waals surface area contributed by atoms with Crippen molar-refractivity contribution in [3.05, 3.63) is 58.1 Å². The van der Waals surface area contributed by atoms with Crippen LogP contribution in [0.2, 0.25) is 10.0 Å². The van der Waals surface area contributed by atoms with Crippen LogP contribution in [0.4, 0.5) is 14.5 Å². The molecule has 0 saturated heterocycles. The van der Waals surface area contributed by atoms with Gasteiger partial charge in [0.15, 0.2) is 11.6 Å². The summed E-state index contributed by atoms with van der Waals surface area (Å²) in [6.45, 7) is 0. The number of carbonyl (C=O) groups is 1. The predicted octanol–water partition coefficient (Wildman–Crippen LogP) is 5.00. The Bertz CT molecular complexity index is 662. The van der Waals surface area contributed by atoms with Crippen LogP contribution in [0, 0.1) is 11.6 Å². The van der Waals surface area contributed by atoms with E-state index >= 15 is 0 Å². The Morgan fingerprint density at radius 1 is 1.05 bits per heavy atom. The largest absolute Gasteiger partial charge is 0.325 e. The Morgan fingerprint density at radius 3 is 2.33 bits per heavy atom. The van der Waals surface area contributed by atoms with E-state index in [4.69, 9.17) is 23.2 Å². The molecule has 21 heavy (non-hydrogen) atoms. The maximum Gasteiger partial charge on any atom is 0.234 e. The summed E-state index contributed by atoms with van der Waals surface area (Å²) in [6.07, 6.45) is 0. The van der Waals surface area contributed by atoms with Crippen LogP contribution in [0.3, 0.4) is 0 Å². The minimum Gasteiger partial charge on any atom is -0.325 e. The Hall–Kier alpha value is -1.30. The lowest BCUT2D eigenvalue weighted by molar-refractivity contribution is -0.113. The highest BCUT2D eigenvalue weighted by Crippen LogP contribution is 2.24. The van der Waals surface area contributed by atoms with Crippen LogP contribution in [-0.2, 0) is 4.79 Å². The van der Waals surface area contributed by atoms with E-state index in [9.17, 15) is 13.6 Å². The molecule has 2 rings (SSSR count). The first kappa shape index (κ1) is 16.1. The van der Waals surface area contributed by atoms with Crippen LogP contribution < -0.4 is 5.32 Å². The molecule has 0 aliphatic carbocycles. The summed E-state index contributed by atoms with van der Waals surface area (Å²) in [7, 11) is 0. The summed E-state index contributed by atoms with van der Waals surface area (Å²) < 4.78 is 25.8. The quantitative estimate of drug-likeness (QED) is 0.788. The Kier molecular flexibility index (Phi) is 5.45. The first-order valence-electron chi connectivity index (χ1n) is 5.78. The Morgan fingerprint density at radius 2 is 1.71 bits per heavy atom. The van der Waals surface area contributed by atoms with E-state index in [2.05, 4.69) is 5.32 Å². The van der Waals surface area contributed by atoms with Gasteiger partial charge in [-0.2, -0.15) is 0 Å². The highest BCUT2D eigenvalue weighted by Gasteiger charge is 2.07. The van der Waals surface area contributed by atoms with Gasteiger partial charge in [0.05, 0.1) is 5.75 Å². The number of hydrogen-bond donors (Lipinski definition) is 1. The molecule has 1 N–H and O–H groups in total. The molecule has 2 aromatic rings. The summed E-state index contributed by atoms with van der Waals surface area (Å²) >= 11 is 12.7. The fourth-order valence-electron chi connectivity index (χ4n) is 1.54. The molecule has 0 aromatic heterocycles. The number of hydrogen-bond acceptors (Lipinski definition) is 2. The van der Waals surface area contributed by atoms with Gasteiger partial charge in [0.1, 0.15) is 0 Å². The van der Waals surface area contributed by atoms with Gasteiger partial charge in [0.2, 0.25) is 5.91 Å². The molecule has 2 nitrogen and oxygen atoms in total. The fourth-order valence-corrected chi connectivity index (χ4v) is 2.79. The third kappa shape index (κ3) is 4.88. The van der Waals surface area contributed by atoms with Crippen LogP contribution in [0.1, 0.15) is 0 Å². The number of thioether (sulfide) groups is 1. The highest BCUT2D eigenvalue weighted by atomic mass is 35.5. The van der Waals surface area contributed by atoms with Gasteiger partial charge in [-0.25, -0.2) is 8.78 Å². The number of halogens is 4. The van der Waals surface area contributed by atoms with Gasteiger partial charge in [-0.1, -0.05) is 23.2 Å². The second-order valence-corrected chi connectivity index (χ2v) is 5.99. The molecule has 0 fully saturated rings. The van der Waals surface area contributed by atoms with Crippen molar-refractivity contribution < 1.29 is 13.6 Å². The number of carbonyl (C=O) groups excluding carboxylic acids is 1. The van der Waals surface area contributed by atoms with E-state index in [-0.39, 0.29) is 11.7 Å². The molecule has 0 atom stereocenters. The monoisotopic (exact) mass is 347 g/mol. The van der Waals surface area contributed by atoms with E-state index in [1.165, 1.54) is 6.07 Å². The molecule has 0 bridgehead atoms. The van der Waals surface area contributed by atoms with Crippen molar-refractivity contribution in [1.29, 1.82) is 0 Å². The maximum absolute atomic E-state index is 13.0. The van der Waals surface area contributed by atoms with Crippen molar-refractivity contribution in [2.24, 2.45) is 0 Å². The van der Waals surface area contributed by atoms with Gasteiger partial charge >= 0.3 is 0 Å². The number of benzene rings is 2. The molecule has 0 unspecified atom stereocenters. The second-order valence-electron chi connectivity index (χ2n) is 4.07. The lowest BCUT2D eigenvalue weighted by atomic mass is 10.3. The standard InChI is InChI=1S/C14H9Cl2F2NOS/c15-8-3-9(16)5-10(4-8)19-14(20)7-21-11-1-2-12(17)13(18)6-11/h1-6H,7H2,(H,19,20). The number of amides is 1. The summed E-state index contributed by atoms with van der Waals surface area (Å²) in [6, 6.07) is 8.15. The minimum atomic E-state index is -0.943. The summed E-state index contributed by atoms with van der Waals surface area (Å²) in [4.78, 5) is 12.2. The number of rotatable bonds is 4. The van der Waals surface area contributed by atoms with Crippen molar-refractivity contribution in [2.75, 3.05) is 11.1 Å². The summed E-state index contributed by atoms with van der Waals surface area (Å²) in [5, 5.41) is 3.44. The summed E-state index contributed by atoms with van der Waals surface area (Å²) in [5.74, 6) is -2.11. The van der Waals surface area contributed by atoms with E-state index < -0.39 is 11.6 Å². The average molecular weight is 348 g/mol. The fraction of sp³-hybridized carbons (Fsp3) is 0.0714. The summed E-state index contributed by atoms with van der Waals surface area (Å²) in [5.41, 5.74) is 0.475. The molecule has 110 valence electrons. The zero-order chi connectivity index (χ0) is 15.4. The lowest BCUT2D eigenvalue weighted by Gasteiger charge is -2.06. The second kappa shape index (κ2) is 7.11.